The third kappa shape index (κ3) is 2.71. The highest BCUT2D eigenvalue weighted by Crippen LogP contribution is 2.22. The Morgan fingerprint density at radius 1 is 1.33 bits per heavy atom. The summed E-state index contributed by atoms with van der Waals surface area (Å²) >= 11 is 0. The van der Waals surface area contributed by atoms with Gasteiger partial charge in [-0.3, -0.25) is 4.79 Å². The molecule has 6 heteroatoms. The van der Waals surface area contributed by atoms with Crippen molar-refractivity contribution in [3.05, 3.63) is 41.9 Å². The minimum absolute atomic E-state index is 0.0995. The van der Waals surface area contributed by atoms with Crippen LogP contribution in [0.5, 0.6) is 0 Å². The van der Waals surface area contributed by atoms with Gasteiger partial charge in [0, 0.05) is 12.0 Å². The van der Waals surface area contributed by atoms with Gasteiger partial charge in [-0.1, -0.05) is 0 Å². The van der Waals surface area contributed by atoms with Gasteiger partial charge in [-0.05, 0) is 18.2 Å². The Morgan fingerprint density at radius 2 is 2.11 bits per heavy atom. The highest BCUT2D eigenvalue weighted by molar-refractivity contribution is 5.66. The van der Waals surface area contributed by atoms with Gasteiger partial charge in [0.05, 0.1) is 12.6 Å². The van der Waals surface area contributed by atoms with Crippen molar-refractivity contribution in [1.82, 2.24) is 4.98 Å². The number of carboxylic acids is 1. The molecule has 0 aliphatic carbocycles. The van der Waals surface area contributed by atoms with Crippen LogP contribution in [0.1, 0.15) is 12.3 Å². The standard InChI is InChI=1S/C12H9F2NO3/c13-8-2-1-7(5-9(8)14)10-6-15-11(18-10)3-4-12(16)17/h1-2,5-6H,3-4H2,(H,16,17). The van der Waals surface area contributed by atoms with Gasteiger partial charge in [0.1, 0.15) is 0 Å². The molecular formula is C12H9F2NO3. The van der Waals surface area contributed by atoms with E-state index in [0.29, 0.717) is 5.56 Å². The van der Waals surface area contributed by atoms with Crippen molar-refractivity contribution >= 4 is 5.97 Å². The lowest BCUT2D eigenvalue weighted by molar-refractivity contribution is -0.137. The summed E-state index contributed by atoms with van der Waals surface area (Å²) in [4.78, 5) is 14.2. The number of hydrogen-bond donors (Lipinski definition) is 1. The molecule has 1 N–H and O–H groups in total. The second-order valence-electron chi connectivity index (χ2n) is 3.64. The molecule has 1 aromatic carbocycles. The maximum absolute atomic E-state index is 13.0. The summed E-state index contributed by atoms with van der Waals surface area (Å²) in [5.41, 5.74) is 0.350. The summed E-state index contributed by atoms with van der Waals surface area (Å²) in [6.07, 6.45) is 1.40. The predicted octanol–water partition coefficient (Wildman–Crippen LogP) is 2.64. The molecule has 0 saturated heterocycles. The van der Waals surface area contributed by atoms with E-state index in [1.807, 2.05) is 0 Å². The van der Waals surface area contributed by atoms with Crippen LogP contribution >= 0.6 is 0 Å². The number of benzene rings is 1. The molecule has 0 aliphatic heterocycles. The second kappa shape index (κ2) is 4.95. The van der Waals surface area contributed by atoms with Crippen molar-refractivity contribution in [2.75, 3.05) is 0 Å². The lowest BCUT2D eigenvalue weighted by atomic mass is 10.2. The largest absolute Gasteiger partial charge is 0.481 e. The first-order chi connectivity index (χ1) is 8.56. The molecule has 94 valence electrons. The van der Waals surface area contributed by atoms with Crippen LogP contribution in [-0.2, 0) is 11.2 Å². The van der Waals surface area contributed by atoms with E-state index >= 15 is 0 Å². The lowest BCUT2D eigenvalue weighted by Crippen LogP contribution is -1.97. The third-order valence-corrected chi connectivity index (χ3v) is 2.31. The minimum Gasteiger partial charge on any atom is -0.481 e. The smallest absolute Gasteiger partial charge is 0.303 e. The zero-order chi connectivity index (χ0) is 13.1. The van der Waals surface area contributed by atoms with Gasteiger partial charge in [0.15, 0.2) is 23.3 Å². The normalized spacial score (nSPS) is 10.6. The van der Waals surface area contributed by atoms with Gasteiger partial charge in [0.25, 0.3) is 0 Å². The molecule has 1 heterocycles. The number of nitrogens with zero attached hydrogens (tertiary/aromatic N) is 1. The number of aliphatic carboxylic acids is 1. The van der Waals surface area contributed by atoms with Crippen molar-refractivity contribution in [2.45, 2.75) is 12.8 Å². The number of hydrogen-bond acceptors (Lipinski definition) is 3. The van der Waals surface area contributed by atoms with E-state index < -0.39 is 17.6 Å². The Bertz CT molecular complexity index is 580. The first kappa shape index (κ1) is 12.2. The van der Waals surface area contributed by atoms with Crippen LogP contribution in [0.2, 0.25) is 0 Å². The Labute approximate surface area is 101 Å². The number of aryl methyl sites for hydroxylation is 1. The highest BCUT2D eigenvalue weighted by Gasteiger charge is 2.10. The van der Waals surface area contributed by atoms with Crippen molar-refractivity contribution in [3.63, 3.8) is 0 Å². The van der Waals surface area contributed by atoms with Gasteiger partial charge >= 0.3 is 5.97 Å². The number of oxazole rings is 1. The highest BCUT2D eigenvalue weighted by atomic mass is 19.2. The molecular weight excluding hydrogens is 244 g/mol. The summed E-state index contributed by atoms with van der Waals surface area (Å²) in [5, 5.41) is 8.50. The number of halogens is 2. The van der Waals surface area contributed by atoms with Crippen LogP contribution in [-0.4, -0.2) is 16.1 Å². The number of aromatic nitrogens is 1. The third-order valence-electron chi connectivity index (χ3n) is 2.31. The molecule has 0 aliphatic rings. The molecule has 0 bridgehead atoms. The van der Waals surface area contributed by atoms with E-state index in [9.17, 15) is 13.6 Å². The van der Waals surface area contributed by atoms with Gasteiger partial charge in [-0.15, -0.1) is 0 Å². The van der Waals surface area contributed by atoms with Crippen LogP contribution in [0.15, 0.2) is 28.8 Å². The molecule has 1 aromatic heterocycles. The molecule has 18 heavy (non-hydrogen) atoms. The first-order valence-corrected chi connectivity index (χ1v) is 5.18. The van der Waals surface area contributed by atoms with Crippen LogP contribution in [0.25, 0.3) is 11.3 Å². The number of rotatable bonds is 4. The van der Waals surface area contributed by atoms with Crippen molar-refractivity contribution in [1.29, 1.82) is 0 Å². The van der Waals surface area contributed by atoms with E-state index in [4.69, 9.17) is 9.52 Å². The molecule has 0 fully saturated rings. The monoisotopic (exact) mass is 253 g/mol. The van der Waals surface area contributed by atoms with Crippen LogP contribution < -0.4 is 0 Å². The maximum Gasteiger partial charge on any atom is 0.303 e. The zero-order valence-corrected chi connectivity index (χ0v) is 9.19. The summed E-state index contributed by atoms with van der Waals surface area (Å²) in [6, 6.07) is 3.35. The van der Waals surface area contributed by atoms with Crippen molar-refractivity contribution in [2.24, 2.45) is 0 Å². The Balaban J connectivity index is 2.18. The number of carboxylic acid groups (broad SMARTS) is 1. The topological polar surface area (TPSA) is 63.3 Å². The maximum atomic E-state index is 13.0. The Kier molecular flexibility index (Phi) is 3.36. The minimum atomic E-state index is -0.976. The molecule has 0 unspecified atom stereocenters. The van der Waals surface area contributed by atoms with E-state index in [0.717, 1.165) is 12.1 Å². The predicted molar refractivity (Wildman–Crippen MR) is 57.8 cm³/mol. The molecule has 2 aromatic rings. The Morgan fingerprint density at radius 3 is 2.78 bits per heavy atom. The number of carbonyl (C=O) groups is 1. The van der Waals surface area contributed by atoms with Gasteiger partial charge in [-0.25, -0.2) is 13.8 Å². The molecule has 4 nitrogen and oxygen atoms in total. The molecule has 0 spiro atoms. The molecule has 0 radical (unpaired) electrons. The van der Waals surface area contributed by atoms with Crippen molar-refractivity contribution < 1.29 is 23.1 Å². The quantitative estimate of drug-likeness (QED) is 0.909. The van der Waals surface area contributed by atoms with Gasteiger partial charge in [-0.2, -0.15) is 0 Å². The molecule has 0 atom stereocenters. The van der Waals surface area contributed by atoms with E-state index in [1.54, 1.807) is 0 Å². The van der Waals surface area contributed by atoms with Crippen LogP contribution in [0.3, 0.4) is 0 Å². The van der Waals surface area contributed by atoms with Crippen LogP contribution in [0.4, 0.5) is 8.78 Å². The molecule has 0 saturated carbocycles. The SMILES string of the molecule is O=C(O)CCc1ncc(-c2ccc(F)c(F)c2)o1. The van der Waals surface area contributed by atoms with Gasteiger partial charge in [0.2, 0.25) is 0 Å². The van der Waals surface area contributed by atoms with E-state index in [-0.39, 0.29) is 24.5 Å². The fourth-order valence-electron chi connectivity index (χ4n) is 1.42. The fourth-order valence-corrected chi connectivity index (χ4v) is 1.42. The van der Waals surface area contributed by atoms with Crippen molar-refractivity contribution in [3.8, 4) is 11.3 Å². The summed E-state index contributed by atoms with van der Waals surface area (Å²) in [6.45, 7) is 0. The summed E-state index contributed by atoms with van der Waals surface area (Å²) in [5.74, 6) is -2.35. The van der Waals surface area contributed by atoms with Gasteiger partial charge < -0.3 is 9.52 Å². The average Bonchev–Trinajstić information content (AvgIpc) is 2.79. The molecule has 2 rings (SSSR count). The second-order valence-corrected chi connectivity index (χ2v) is 3.64. The van der Waals surface area contributed by atoms with E-state index in [2.05, 4.69) is 4.98 Å². The molecule has 0 amide bonds. The summed E-state index contributed by atoms with van der Waals surface area (Å²) in [7, 11) is 0. The summed E-state index contributed by atoms with van der Waals surface area (Å²) < 4.78 is 31.0. The van der Waals surface area contributed by atoms with Crippen LogP contribution in [0, 0.1) is 11.6 Å². The first-order valence-electron chi connectivity index (χ1n) is 5.18. The average molecular weight is 253 g/mol. The zero-order valence-electron chi connectivity index (χ0n) is 9.19. The van der Waals surface area contributed by atoms with E-state index in [1.165, 1.54) is 12.3 Å². The Hall–Kier alpha value is -2.24. The fraction of sp³-hybridized carbons (Fsp3) is 0.167. The lowest BCUT2D eigenvalue weighted by Gasteiger charge is -1.97.